The molecule has 0 saturated carbocycles. The van der Waals surface area contributed by atoms with Crippen LogP contribution in [0.2, 0.25) is 5.02 Å². The van der Waals surface area contributed by atoms with Crippen LogP contribution in [0.1, 0.15) is 28.4 Å². The second kappa shape index (κ2) is 11.4. The summed E-state index contributed by atoms with van der Waals surface area (Å²) >= 11 is 6.40. The van der Waals surface area contributed by atoms with Gasteiger partial charge in [-0.1, -0.05) is 72.3 Å². The van der Waals surface area contributed by atoms with Crippen molar-refractivity contribution in [2.75, 3.05) is 6.61 Å². The number of carbonyl (C=O) groups excluding carboxylic acids is 1. The number of rotatable bonds is 9. The van der Waals surface area contributed by atoms with Gasteiger partial charge in [0.1, 0.15) is 30.8 Å². The van der Waals surface area contributed by atoms with Crippen molar-refractivity contribution in [2.24, 2.45) is 0 Å². The third-order valence-electron chi connectivity index (χ3n) is 5.07. The van der Waals surface area contributed by atoms with Gasteiger partial charge in [0, 0.05) is 17.2 Å². The van der Waals surface area contributed by atoms with Crippen molar-refractivity contribution in [3.05, 3.63) is 117 Å². The lowest BCUT2D eigenvalue weighted by Crippen LogP contribution is -2.16. The fourth-order valence-electron chi connectivity index (χ4n) is 3.38. The van der Waals surface area contributed by atoms with Crippen molar-refractivity contribution in [1.82, 2.24) is 0 Å². The number of hydrogen-bond donors (Lipinski definition) is 0. The molecule has 0 spiro atoms. The van der Waals surface area contributed by atoms with E-state index < -0.39 is 11.4 Å². The van der Waals surface area contributed by atoms with Crippen molar-refractivity contribution in [3.8, 4) is 22.8 Å². The highest BCUT2D eigenvalue weighted by Gasteiger charge is 2.20. The van der Waals surface area contributed by atoms with Gasteiger partial charge in [0.2, 0.25) is 0 Å². The quantitative estimate of drug-likeness (QED) is 0.256. The van der Waals surface area contributed by atoms with Gasteiger partial charge in [-0.25, -0.2) is 4.79 Å². The standard InChI is InChI=1S/C28H23ClO6/c1-2-32-28(31)23-18-34-25(15-24(23)30)22-13-21(29)14-26(33-16-19-9-5-3-6-10-19)27(22)35-17-20-11-7-4-8-12-20/h3-15,18H,2,16-17H2,1H3. The molecule has 0 radical (unpaired) electrons. The molecule has 0 N–H and O–H groups in total. The molecule has 4 aromatic rings. The molecule has 3 aromatic carbocycles. The number of ether oxygens (including phenoxy) is 3. The van der Waals surface area contributed by atoms with Gasteiger partial charge >= 0.3 is 5.97 Å². The zero-order chi connectivity index (χ0) is 24.6. The van der Waals surface area contributed by atoms with Crippen LogP contribution < -0.4 is 14.9 Å². The Bertz CT molecular complexity index is 1350. The summed E-state index contributed by atoms with van der Waals surface area (Å²) in [6.45, 7) is 2.34. The van der Waals surface area contributed by atoms with E-state index in [1.165, 1.54) is 6.07 Å². The first-order chi connectivity index (χ1) is 17.0. The summed E-state index contributed by atoms with van der Waals surface area (Å²) in [5, 5.41) is 0.368. The Labute approximate surface area is 207 Å². The number of carbonyl (C=O) groups is 1. The Morgan fingerprint density at radius 1 is 0.886 bits per heavy atom. The van der Waals surface area contributed by atoms with Crippen molar-refractivity contribution in [2.45, 2.75) is 20.1 Å². The normalized spacial score (nSPS) is 10.6. The highest BCUT2D eigenvalue weighted by molar-refractivity contribution is 6.31. The Hall–Kier alpha value is -4.03. The zero-order valence-corrected chi connectivity index (χ0v) is 19.8. The average molecular weight is 491 g/mol. The number of esters is 1. The Kier molecular flexibility index (Phi) is 7.85. The maximum Gasteiger partial charge on any atom is 0.345 e. The van der Waals surface area contributed by atoms with Crippen LogP contribution >= 0.6 is 11.6 Å². The van der Waals surface area contributed by atoms with Gasteiger partial charge in [-0.3, -0.25) is 4.79 Å². The molecule has 0 unspecified atom stereocenters. The van der Waals surface area contributed by atoms with E-state index in [1.807, 2.05) is 60.7 Å². The van der Waals surface area contributed by atoms with Gasteiger partial charge in [-0.05, 0) is 24.1 Å². The molecule has 0 atom stereocenters. The molecule has 0 fully saturated rings. The van der Waals surface area contributed by atoms with E-state index in [1.54, 1.807) is 19.1 Å². The monoisotopic (exact) mass is 490 g/mol. The van der Waals surface area contributed by atoms with Crippen LogP contribution in [0.4, 0.5) is 0 Å². The summed E-state index contributed by atoms with van der Waals surface area (Å²) in [5.74, 6) is 0.190. The third-order valence-corrected chi connectivity index (χ3v) is 5.29. The van der Waals surface area contributed by atoms with Crippen LogP contribution in [0.5, 0.6) is 11.5 Å². The zero-order valence-electron chi connectivity index (χ0n) is 19.0. The molecule has 178 valence electrons. The molecule has 0 amide bonds. The minimum absolute atomic E-state index is 0.147. The number of halogens is 1. The molecule has 0 saturated heterocycles. The van der Waals surface area contributed by atoms with Crippen LogP contribution in [0.25, 0.3) is 11.3 Å². The van der Waals surface area contributed by atoms with E-state index in [4.69, 9.17) is 30.2 Å². The maximum absolute atomic E-state index is 12.6. The SMILES string of the molecule is CCOC(=O)c1coc(-c2cc(Cl)cc(OCc3ccccc3)c2OCc2ccccc2)cc1=O. The molecule has 0 bridgehead atoms. The maximum atomic E-state index is 12.6. The summed E-state index contributed by atoms with van der Waals surface area (Å²) in [6, 6.07) is 23.8. The topological polar surface area (TPSA) is 75.0 Å². The molecule has 4 rings (SSSR count). The molecule has 0 aliphatic heterocycles. The van der Waals surface area contributed by atoms with Crippen LogP contribution in [0.3, 0.4) is 0 Å². The van der Waals surface area contributed by atoms with Gasteiger partial charge in [0.15, 0.2) is 16.9 Å². The van der Waals surface area contributed by atoms with Gasteiger partial charge in [0.05, 0.1) is 12.2 Å². The summed E-state index contributed by atoms with van der Waals surface area (Å²) in [4.78, 5) is 24.7. The Morgan fingerprint density at radius 3 is 2.11 bits per heavy atom. The van der Waals surface area contributed by atoms with Gasteiger partial charge in [-0.2, -0.15) is 0 Å². The Balaban J connectivity index is 1.73. The van der Waals surface area contributed by atoms with Gasteiger partial charge < -0.3 is 18.6 Å². The largest absolute Gasteiger partial charge is 0.485 e. The van der Waals surface area contributed by atoms with Crippen LogP contribution in [-0.4, -0.2) is 12.6 Å². The molecule has 0 aliphatic rings. The molecular weight excluding hydrogens is 468 g/mol. The fraction of sp³-hybridized carbons (Fsp3) is 0.143. The summed E-state index contributed by atoms with van der Waals surface area (Å²) < 4.78 is 22.8. The lowest BCUT2D eigenvalue weighted by molar-refractivity contribution is 0.0522. The van der Waals surface area contributed by atoms with Crippen LogP contribution in [0.15, 0.2) is 94.3 Å². The molecule has 1 aromatic heterocycles. The minimum Gasteiger partial charge on any atom is -0.485 e. The molecule has 7 heteroatoms. The highest BCUT2D eigenvalue weighted by Crippen LogP contribution is 2.41. The second-order valence-electron chi connectivity index (χ2n) is 7.57. The summed E-state index contributed by atoms with van der Waals surface area (Å²) in [5.41, 5.74) is 1.61. The first kappa shape index (κ1) is 24.1. The smallest absolute Gasteiger partial charge is 0.345 e. The highest BCUT2D eigenvalue weighted by atomic mass is 35.5. The van der Waals surface area contributed by atoms with E-state index in [2.05, 4.69) is 0 Å². The van der Waals surface area contributed by atoms with E-state index in [0.717, 1.165) is 17.4 Å². The third kappa shape index (κ3) is 6.11. The number of benzene rings is 3. The minimum atomic E-state index is -0.744. The van der Waals surface area contributed by atoms with Gasteiger partial charge in [0.25, 0.3) is 0 Å². The van der Waals surface area contributed by atoms with E-state index in [0.29, 0.717) is 22.1 Å². The predicted octanol–water partition coefficient (Wildman–Crippen LogP) is 6.29. The van der Waals surface area contributed by atoms with Crippen molar-refractivity contribution >= 4 is 17.6 Å². The predicted molar refractivity (Wildman–Crippen MR) is 133 cm³/mol. The summed E-state index contributed by atoms with van der Waals surface area (Å²) in [6.07, 6.45) is 1.09. The summed E-state index contributed by atoms with van der Waals surface area (Å²) in [7, 11) is 0. The van der Waals surface area contributed by atoms with E-state index in [9.17, 15) is 9.59 Å². The van der Waals surface area contributed by atoms with Crippen LogP contribution in [-0.2, 0) is 18.0 Å². The molecule has 1 heterocycles. The van der Waals surface area contributed by atoms with E-state index >= 15 is 0 Å². The van der Waals surface area contributed by atoms with E-state index in [-0.39, 0.29) is 31.1 Å². The lowest BCUT2D eigenvalue weighted by atomic mass is 10.1. The van der Waals surface area contributed by atoms with Crippen molar-refractivity contribution in [1.29, 1.82) is 0 Å². The first-order valence-electron chi connectivity index (χ1n) is 11.0. The van der Waals surface area contributed by atoms with Crippen LogP contribution in [0, 0.1) is 0 Å². The molecule has 6 nitrogen and oxygen atoms in total. The Morgan fingerprint density at radius 2 is 1.51 bits per heavy atom. The molecular formula is C28H23ClO6. The van der Waals surface area contributed by atoms with Crippen molar-refractivity contribution in [3.63, 3.8) is 0 Å². The van der Waals surface area contributed by atoms with Crippen molar-refractivity contribution < 1.29 is 23.4 Å². The second-order valence-corrected chi connectivity index (χ2v) is 8.01. The molecule has 35 heavy (non-hydrogen) atoms. The van der Waals surface area contributed by atoms with Gasteiger partial charge in [-0.15, -0.1) is 0 Å². The fourth-order valence-corrected chi connectivity index (χ4v) is 3.59. The first-order valence-corrected chi connectivity index (χ1v) is 11.4. The lowest BCUT2D eigenvalue weighted by Gasteiger charge is -2.17. The molecule has 0 aliphatic carbocycles. The average Bonchev–Trinajstić information content (AvgIpc) is 2.87. The number of hydrogen-bond acceptors (Lipinski definition) is 6.